The predicted octanol–water partition coefficient (Wildman–Crippen LogP) is 3.13. The van der Waals surface area contributed by atoms with E-state index in [1.54, 1.807) is 22.1 Å². The summed E-state index contributed by atoms with van der Waals surface area (Å²) in [6.45, 7) is 3.92. The molecule has 0 aliphatic heterocycles. The van der Waals surface area contributed by atoms with Gasteiger partial charge in [0, 0.05) is 6.04 Å². The predicted molar refractivity (Wildman–Crippen MR) is 95.1 cm³/mol. The molecule has 2 atom stereocenters. The fourth-order valence-electron chi connectivity index (χ4n) is 3.40. The third-order valence-corrected chi connectivity index (χ3v) is 5.37. The van der Waals surface area contributed by atoms with Crippen molar-refractivity contribution in [1.29, 1.82) is 0 Å². The third-order valence-electron chi connectivity index (χ3n) is 4.46. The molecule has 4 rings (SSSR count). The molecule has 1 saturated carbocycles. The van der Waals surface area contributed by atoms with E-state index in [2.05, 4.69) is 15.4 Å². The van der Waals surface area contributed by atoms with E-state index in [0.717, 1.165) is 40.2 Å². The van der Waals surface area contributed by atoms with Crippen LogP contribution in [0.1, 0.15) is 30.4 Å². The Morgan fingerprint density at radius 3 is 2.79 bits per heavy atom. The molecule has 0 bridgehead atoms. The topological polar surface area (TPSA) is 83.2 Å². The minimum absolute atomic E-state index is 0.200. The van der Waals surface area contributed by atoms with E-state index in [9.17, 15) is 10.2 Å². The van der Waals surface area contributed by atoms with E-state index >= 15 is 0 Å². The SMILES string of the molecule is Cc1cc(C)c(-n2cc3sc(N[C@@H]4CC[C@H](O)C4)nc3n2)c(O)c1. The van der Waals surface area contributed by atoms with Crippen LogP contribution < -0.4 is 5.32 Å². The molecule has 2 aromatic heterocycles. The number of thiazole rings is 1. The van der Waals surface area contributed by atoms with Crippen molar-refractivity contribution >= 4 is 26.8 Å². The average molecular weight is 344 g/mol. The Hall–Kier alpha value is -2.12. The molecular weight excluding hydrogens is 324 g/mol. The van der Waals surface area contributed by atoms with Gasteiger partial charge in [0.2, 0.25) is 0 Å². The zero-order valence-electron chi connectivity index (χ0n) is 13.7. The Bertz CT molecular complexity index is 847. The molecule has 7 heteroatoms. The van der Waals surface area contributed by atoms with Crippen molar-refractivity contribution in [1.82, 2.24) is 14.8 Å². The van der Waals surface area contributed by atoms with E-state index in [0.29, 0.717) is 11.3 Å². The summed E-state index contributed by atoms with van der Waals surface area (Å²) in [5.41, 5.74) is 3.35. The number of hydrogen-bond acceptors (Lipinski definition) is 6. The summed E-state index contributed by atoms with van der Waals surface area (Å²) >= 11 is 1.55. The van der Waals surface area contributed by atoms with Gasteiger partial charge >= 0.3 is 0 Å². The Morgan fingerprint density at radius 1 is 1.29 bits per heavy atom. The van der Waals surface area contributed by atoms with Gasteiger partial charge in [0.05, 0.1) is 17.0 Å². The van der Waals surface area contributed by atoms with Gasteiger partial charge < -0.3 is 15.5 Å². The Labute approximate surface area is 143 Å². The molecule has 3 aromatic rings. The number of anilines is 1. The number of hydrogen-bond donors (Lipinski definition) is 3. The minimum atomic E-state index is -0.200. The van der Waals surface area contributed by atoms with Crippen LogP contribution in [0.5, 0.6) is 5.75 Å². The van der Waals surface area contributed by atoms with Gasteiger partial charge in [-0.25, -0.2) is 4.68 Å². The second-order valence-corrected chi connectivity index (χ2v) is 7.57. The van der Waals surface area contributed by atoms with Crippen molar-refractivity contribution in [3.63, 3.8) is 0 Å². The molecular formula is C17H20N4O2S. The lowest BCUT2D eigenvalue weighted by Gasteiger charge is -2.10. The molecule has 1 fully saturated rings. The number of nitrogens with zero attached hydrogens (tertiary/aromatic N) is 3. The van der Waals surface area contributed by atoms with Crippen LogP contribution in [0, 0.1) is 13.8 Å². The maximum absolute atomic E-state index is 10.2. The highest BCUT2D eigenvalue weighted by Gasteiger charge is 2.23. The lowest BCUT2D eigenvalue weighted by molar-refractivity contribution is 0.182. The van der Waals surface area contributed by atoms with E-state index in [1.807, 2.05) is 26.1 Å². The van der Waals surface area contributed by atoms with Gasteiger partial charge in [-0.2, -0.15) is 4.98 Å². The lowest BCUT2D eigenvalue weighted by atomic mass is 10.1. The molecule has 24 heavy (non-hydrogen) atoms. The molecule has 2 heterocycles. The number of fused-ring (bicyclic) bond motifs is 1. The van der Waals surface area contributed by atoms with Crippen molar-refractivity contribution in [2.24, 2.45) is 0 Å². The highest BCUT2D eigenvalue weighted by Crippen LogP contribution is 2.32. The van der Waals surface area contributed by atoms with Gasteiger partial charge in [0.25, 0.3) is 0 Å². The zero-order chi connectivity index (χ0) is 16.8. The normalized spacial score (nSPS) is 20.8. The maximum Gasteiger partial charge on any atom is 0.194 e. The van der Waals surface area contributed by atoms with Crippen LogP contribution in [0.4, 0.5) is 5.13 Å². The van der Waals surface area contributed by atoms with Crippen LogP contribution >= 0.6 is 11.3 Å². The summed E-state index contributed by atoms with van der Waals surface area (Å²) in [4.78, 5) is 4.54. The van der Waals surface area contributed by atoms with Gasteiger partial charge in [-0.3, -0.25) is 0 Å². The quantitative estimate of drug-likeness (QED) is 0.680. The summed E-state index contributed by atoms with van der Waals surface area (Å²) in [5, 5.41) is 28.6. The molecule has 0 amide bonds. The van der Waals surface area contributed by atoms with Gasteiger partial charge in [0.1, 0.15) is 11.4 Å². The van der Waals surface area contributed by atoms with Crippen LogP contribution in [-0.4, -0.2) is 37.1 Å². The highest BCUT2D eigenvalue weighted by atomic mass is 32.1. The summed E-state index contributed by atoms with van der Waals surface area (Å²) in [6, 6.07) is 4.05. The average Bonchev–Trinajstić information content (AvgIpc) is 3.13. The molecule has 6 nitrogen and oxygen atoms in total. The standard InChI is InChI=1S/C17H20N4O2S/c1-9-5-10(2)15(13(23)6-9)21-8-14-16(20-21)19-17(24-14)18-11-3-4-12(22)7-11/h5-6,8,11-12,22-23H,3-4,7H2,1-2H3,(H,18,19,20)/t11-,12+/m1/s1. The zero-order valence-corrected chi connectivity index (χ0v) is 14.5. The molecule has 0 spiro atoms. The Morgan fingerprint density at radius 2 is 2.12 bits per heavy atom. The highest BCUT2D eigenvalue weighted by molar-refractivity contribution is 7.22. The van der Waals surface area contributed by atoms with Gasteiger partial charge in [-0.1, -0.05) is 17.4 Å². The number of aromatic nitrogens is 3. The number of rotatable bonds is 3. The second-order valence-electron chi connectivity index (χ2n) is 6.54. The van der Waals surface area contributed by atoms with Crippen molar-refractivity contribution in [3.05, 3.63) is 29.5 Å². The van der Waals surface area contributed by atoms with Crippen molar-refractivity contribution in [2.45, 2.75) is 45.3 Å². The molecule has 0 unspecified atom stereocenters. The summed E-state index contributed by atoms with van der Waals surface area (Å²) in [7, 11) is 0. The molecule has 0 saturated heterocycles. The van der Waals surface area contributed by atoms with Gasteiger partial charge in [0.15, 0.2) is 10.8 Å². The van der Waals surface area contributed by atoms with Gasteiger partial charge in [-0.05, 0) is 50.3 Å². The first-order chi connectivity index (χ1) is 11.5. The molecule has 1 aliphatic carbocycles. The first kappa shape index (κ1) is 15.4. The number of benzene rings is 1. The second kappa shape index (κ2) is 5.75. The first-order valence-corrected chi connectivity index (χ1v) is 8.92. The number of phenols is 1. The largest absolute Gasteiger partial charge is 0.506 e. The van der Waals surface area contributed by atoms with Crippen molar-refractivity contribution < 1.29 is 10.2 Å². The number of nitrogens with one attached hydrogen (secondary N) is 1. The molecule has 0 radical (unpaired) electrons. The van der Waals surface area contributed by atoms with Gasteiger partial charge in [-0.15, -0.1) is 5.10 Å². The van der Waals surface area contributed by atoms with Crippen LogP contribution in [0.25, 0.3) is 16.0 Å². The summed E-state index contributed by atoms with van der Waals surface area (Å²) < 4.78 is 2.66. The van der Waals surface area contributed by atoms with Crippen LogP contribution in [-0.2, 0) is 0 Å². The summed E-state index contributed by atoms with van der Waals surface area (Å²) in [5.74, 6) is 0.223. The smallest absolute Gasteiger partial charge is 0.194 e. The number of aliphatic hydroxyl groups is 1. The number of aliphatic hydroxyl groups excluding tert-OH is 1. The van der Waals surface area contributed by atoms with E-state index in [1.165, 1.54) is 0 Å². The fourth-order valence-corrected chi connectivity index (χ4v) is 4.29. The van der Waals surface area contributed by atoms with Crippen molar-refractivity contribution in [3.8, 4) is 11.4 Å². The Balaban J connectivity index is 1.62. The summed E-state index contributed by atoms with van der Waals surface area (Å²) in [6.07, 6.45) is 4.29. The Kier molecular flexibility index (Phi) is 3.69. The first-order valence-electron chi connectivity index (χ1n) is 8.11. The lowest BCUT2D eigenvalue weighted by Crippen LogP contribution is -2.16. The number of aromatic hydroxyl groups is 1. The van der Waals surface area contributed by atoms with Crippen LogP contribution in [0.3, 0.4) is 0 Å². The number of aryl methyl sites for hydroxylation is 2. The molecule has 126 valence electrons. The maximum atomic E-state index is 10.2. The van der Waals surface area contributed by atoms with E-state index < -0.39 is 0 Å². The fraction of sp³-hybridized carbons (Fsp3) is 0.412. The van der Waals surface area contributed by atoms with E-state index in [4.69, 9.17) is 0 Å². The van der Waals surface area contributed by atoms with Crippen LogP contribution in [0.2, 0.25) is 0 Å². The molecule has 1 aromatic carbocycles. The van der Waals surface area contributed by atoms with Crippen LogP contribution in [0.15, 0.2) is 18.3 Å². The molecule has 3 N–H and O–H groups in total. The number of phenolic OH excluding ortho intramolecular Hbond substituents is 1. The monoisotopic (exact) mass is 344 g/mol. The third kappa shape index (κ3) is 2.74. The minimum Gasteiger partial charge on any atom is -0.506 e. The van der Waals surface area contributed by atoms with E-state index in [-0.39, 0.29) is 17.9 Å². The van der Waals surface area contributed by atoms with Crippen molar-refractivity contribution in [2.75, 3.05) is 5.32 Å². The molecule has 1 aliphatic rings.